The molecular formula is C30H22N2O4. The van der Waals surface area contributed by atoms with Crippen molar-refractivity contribution >= 4 is 22.1 Å². The molecule has 6 N–H and O–H groups in total. The molecule has 6 nitrogen and oxygen atoms in total. The zero-order chi connectivity index (χ0) is 25.1. The van der Waals surface area contributed by atoms with Gasteiger partial charge in [-0.3, -0.25) is 0 Å². The van der Waals surface area contributed by atoms with E-state index in [9.17, 15) is 10.2 Å². The van der Waals surface area contributed by atoms with Crippen LogP contribution in [0.5, 0.6) is 34.5 Å². The Morgan fingerprint density at radius 3 is 1.83 bits per heavy atom. The number of fused-ring (bicyclic) bond motifs is 1. The minimum absolute atomic E-state index is 0.0396. The summed E-state index contributed by atoms with van der Waals surface area (Å²) >= 11 is 0. The molecule has 0 saturated carbocycles. The zero-order valence-electron chi connectivity index (χ0n) is 19.1. The predicted molar refractivity (Wildman–Crippen MR) is 142 cm³/mol. The van der Waals surface area contributed by atoms with Crippen molar-refractivity contribution in [2.75, 3.05) is 11.5 Å². The van der Waals surface area contributed by atoms with Crippen molar-refractivity contribution in [3.05, 3.63) is 108 Å². The van der Waals surface area contributed by atoms with Gasteiger partial charge in [-0.15, -0.1) is 0 Å². The molecule has 5 aromatic carbocycles. The highest BCUT2D eigenvalue weighted by atomic mass is 16.5. The maximum Gasteiger partial charge on any atom is 0.143 e. The fraction of sp³-hybridized carbons (Fsp3) is 0. The number of anilines is 2. The number of nitrogen functional groups attached to an aromatic ring is 2. The first kappa shape index (κ1) is 22.5. The molecule has 0 unspecified atom stereocenters. The van der Waals surface area contributed by atoms with Gasteiger partial charge in [0.15, 0.2) is 0 Å². The second kappa shape index (κ2) is 9.53. The number of ether oxygens (including phenoxy) is 2. The van der Waals surface area contributed by atoms with E-state index in [0.717, 1.165) is 16.3 Å². The minimum Gasteiger partial charge on any atom is -0.506 e. The number of phenolic OH excluding ortho intramolecular Hbond substituents is 2. The van der Waals surface area contributed by atoms with Gasteiger partial charge in [-0.1, -0.05) is 36.1 Å². The average molecular weight is 475 g/mol. The van der Waals surface area contributed by atoms with E-state index in [-0.39, 0.29) is 22.9 Å². The molecule has 0 spiro atoms. The molecule has 176 valence electrons. The standard InChI is InChI=1S/C30H22N2O4/c31-26-12-10-24(17-28(26)33)35-23-9-8-20-16-30(36-25-11-13-27(32)29(34)18-25)21(14-22(20)15-23)7-6-19-4-2-1-3-5-19/h1-5,8-18,33-34H,31-32H2. The molecule has 0 amide bonds. The third kappa shape index (κ3) is 4.96. The van der Waals surface area contributed by atoms with E-state index in [0.29, 0.717) is 28.6 Å². The second-order valence-corrected chi connectivity index (χ2v) is 8.12. The molecule has 0 aliphatic carbocycles. The fourth-order valence-electron chi connectivity index (χ4n) is 3.60. The Hall–Kier alpha value is -5.28. The molecule has 5 aromatic rings. The third-order valence-electron chi connectivity index (χ3n) is 5.49. The fourth-order valence-corrected chi connectivity index (χ4v) is 3.60. The van der Waals surface area contributed by atoms with Crippen LogP contribution in [0, 0.1) is 11.8 Å². The topological polar surface area (TPSA) is 111 Å². The van der Waals surface area contributed by atoms with Gasteiger partial charge in [0, 0.05) is 17.7 Å². The van der Waals surface area contributed by atoms with Gasteiger partial charge < -0.3 is 31.2 Å². The number of benzene rings is 5. The highest BCUT2D eigenvalue weighted by Gasteiger charge is 2.10. The highest BCUT2D eigenvalue weighted by Crippen LogP contribution is 2.35. The first-order chi connectivity index (χ1) is 17.4. The Balaban J connectivity index is 1.55. The summed E-state index contributed by atoms with van der Waals surface area (Å²) in [4.78, 5) is 0. The van der Waals surface area contributed by atoms with Crippen LogP contribution >= 0.6 is 0 Å². The van der Waals surface area contributed by atoms with E-state index in [2.05, 4.69) is 11.8 Å². The summed E-state index contributed by atoms with van der Waals surface area (Å²) < 4.78 is 12.0. The average Bonchev–Trinajstić information content (AvgIpc) is 2.88. The SMILES string of the molecule is Nc1ccc(Oc2ccc3cc(Oc4ccc(N)c(O)c4)c(C#Cc4ccccc4)cc3c2)cc1O. The lowest BCUT2D eigenvalue weighted by molar-refractivity contribution is 0.455. The Labute approximate surface area is 208 Å². The van der Waals surface area contributed by atoms with Gasteiger partial charge in [-0.25, -0.2) is 0 Å². The van der Waals surface area contributed by atoms with Gasteiger partial charge in [0.2, 0.25) is 0 Å². The molecule has 0 atom stereocenters. The van der Waals surface area contributed by atoms with E-state index in [1.54, 1.807) is 24.3 Å². The quantitative estimate of drug-likeness (QED) is 0.136. The van der Waals surface area contributed by atoms with Crippen molar-refractivity contribution in [2.24, 2.45) is 0 Å². The van der Waals surface area contributed by atoms with Crippen LogP contribution in [-0.4, -0.2) is 10.2 Å². The van der Waals surface area contributed by atoms with Gasteiger partial charge in [0.25, 0.3) is 0 Å². The molecule has 0 saturated heterocycles. The van der Waals surface area contributed by atoms with Gasteiger partial charge in [0.1, 0.15) is 34.5 Å². The van der Waals surface area contributed by atoms with Gasteiger partial charge in [-0.05, 0) is 71.4 Å². The molecular weight excluding hydrogens is 452 g/mol. The van der Waals surface area contributed by atoms with Crippen molar-refractivity contribution in [1.82, 2.24) is 0 Å². The zero-order valence-corrected chi connectivity index (χ0v) is 19.1. The molecule has 36 heavy (non-hydrogen) atoms. The maximum atomic E-state index is 9.99. The highest BCUT2D eigenvalue weighted by molar-refractivity contribution is 5.87. The number of phenols is 2. The van der Waals surface area contributed by atoms with E-state index in [1.165, 1.54) is 12.1 Å². The van der Waals surface area contributed by atoms with Crippen LogP contribution < -0.4 is 20.9 Å². The molecule has 0 fully saturated rings. The monoisotopic (exact) mass is 474 g/mol. The number of hydrogen-bond donors (Lipinski definition) is 4. The van der Waals surface area contributed by atoms with Crippen LogP contribution in [0.25, 0.3) is 10.8 Å². The Kier molecular flexibility index (Phi) is 5.96. The summed E-state index contributed by atoms with van der Waals surface area (Å²) in [7, 11) is 0. The molecule has 6 heteroatoms. The minimum atomic E-state index is -0.0549. The lowest BCUT2D eigenvalue weighted by Crippen LogP contribution is -1.92. The molecule has 0 aliphatic heterocycles. The van der Waals surface area contributed by atoms with E-state index in [4.69, 9.17) is 20.9 Å². The molecule has 5 rings (SSSR count). The molecule has 0 aromatic heterocycles. The van der Waals surface area contributed by atoms with Gasteiger partial charge >= 0.3 is 0 Å². The molecule has 0 aliphatic rings. The summed E-state index contributed by atoms with van der Waals surface area (Å²) in [6, 6.07) is 28.6. The van der Waals surface area contributed by atoms with Crippen molar-refractivity contribution in [3.8, 4) is 46.3 Å². The summed E-state index contributed by atoms with van der Waals surface area (Å²) in [5.74, 6) is 8.30. The van der Waals surface area contributed by atoms with Crippen molar-refractivity contribution in [2.45, 2.75) is 0 Å². The molecule has 0 bridgehead atoms. The van der Waals surface area contributed by atoms with Crippen molar-refractivity contribution < 1.29 is 19.7 Å². The number of hydrogen-bond acceptors (Lipinski definition) is 6. The second-order valence-electron chi connectivity index (χ2n) is 8.12. The third-order valence-corrected chi connectivity index (χ3v) is 5.49. The first-order valence-corrected chi connectivity index (χ1v) is 11.1. The number of rotatable bonds is 4. The number of aromatic hydroxyl groups is 2. The van der Waals surface area contributed by atoms with Crippen LogP contribution in [-0.2, 0) is 0 Å². The summed E-state index contributed by atoms with van der Waals surface area (Å²) in [6.07, 6.45) is 0. The van der Waals surface area contributed by atoms with E-state index < -0.39 is 0 Å². The summed E-state index contributed by atoms with van der Waals surface area (Å²) in [6.45, 7) is 0. The van der Waals surface area contributed by atoms with Crippen LogP contribution in [0.3, 0.4) is 0 Å². The van der Waals surface area contributed by atoms with E-state index in [1.807, 2.05) is 60.7 Å². The Morgan fingerprint density at radius 1 is 0.556 bits per heavy atom. The van der Waals surface area contributed by atoms with Crippen molar-refractivity contribution in [3.63, 3.8) is 0 Å². The van der Waals surface area contributed by atoms with Crippen molar-refractivity contribution in [1.29, 1.82) is 0 Å². The van der Waals surface area contributed by atoms with Gasteiger partial charge in [-0.2, -0.15) is 0 Å². The first-order valence-electron chi connectivity index (χ1n) is 11.1. The number of nitrogens with two attached hydrogens (primary N) is 2. The van der Waals surface area contributed by atoms with Crippen LogP contribution in [0.4, 0.5) is 11.4 Å². The van der Waals surface area contributed by atoms with Gasteiger partial charge in [0.05, 0.1) is 16.9 Å². The van der Waals surface area contributed by atoms with Crippen LogP contribution in [0.15, 0.2) is 97.1 Å². The van der Waals surface area contributed by atoms with Crippen LogP contribution in [0.1, 0.15) is 11.1 Å². The Morgan fingerprint density at radius 2 is 1.17 bits per heavy atom. The normalized spacial score (nSPS) is 10.4. The molecule has 0 heterocycles. The van der Waals surface area contributed by atoms with E-state index >= 15 is 0 Å². The smallest absolute Gasteiger partial charge is 0.143 e. The lowest BCUT2D eigenvalue weighted by atomic mass is 10.0. The lowest BCUT2D eigenvalue weighted by Gasteiger charge is -2.12. The predicted octanol–water partition coefficient (Wildman–Crippen LogP) is 6.40. The molecule has 0 radical (unpaired) electrons. The maximum absolute atomic E-state index is 9.99. The largest absolute Gasteiger partial charge is 0.506 e. The summed E-state index contributed by atoms with van der Waals surface area (Å²) in [5.41, 5.74) is 13.5. The summed E-state index contributed by atoms with van der Waals surface area (Å²) in [5, 5.41) is 21.6. The van der Waals surface area contributed by atoms with Crippen LogP contribution in [0.2, 0.25) is 0 Å². The Bertz CT molecular complexity index is 1640.